The van der Waals surface area contributed by atoms with Crippen LogP contribution in [0.5, 0.6) is 0 Å². The van der Waals surface area contributed by atoms with Gasteiger partial charge in [0.05, 0.1) is 19.3 Å². The minimum atomic E-state index is -0.353. The van der Waals surface area contributed by atoms with E-state index >= 15 is 0 Å². The third-order valence-electron chi connectivity index (χ3n) is 12.2. The maximum atomic E-state index is 12.8. The van der Waals surface area contributed by atoms with Crippen molar-refractivity contribution in [1.29, 1.82) is 0 Å². The molecule has 11 nitrogen and oxygen atoms in total. The fourth-order valence-electron chi connectivity index (χ4n) is 8.69. The molecule has 5 N–H and O–H groups in total. The Morgan fingerprint density at radius 3 is 1.52 bits per heavy atom. The van der Waals surface area contributed by atoms with Gasteiger partial charge in [-0.3, -0.25) is 9.59 Å². The van der Waals surface area contributed by atoms with Crippen LogP contribution in [0.2, 0.25) is 0 Å². The number of ether oxygens (including phenoxy) is 2. The van der Waals surface area contributed by atoms with Crippen LogP contribution in [0.1, 0.15) is 95.8 Å². The van der Waals surface area contributed by atoms with E-state index in [9.17, 15) is 14.7 Å². The number of aliphatic hydroxyl groups is 1. The third kappa shape index (κ3) is 13.1. The van der Waals surface area contributed by atoms with Gasteiger partial charge in [-0.2, -0.15) is 0 Å². The van der Waals surface area contributed by atoms with Crippen LogP contribution < -0.4 is 50.8 Å². The van der Waals surface area contributed by atoms with Crippen molar-refractivity contribution < 1.29 is 55.2 Å². The molecule has 0 bridgehead atoms. The summed E-state index contributed by atoms with van der Waals surface area (Å²) in [5, 5.41) is 26.9. The summed E-state index contributed by atoms with van der Waals surface area (Å²) in [7, 11) is 0. The van der Waals surface area contributed by atoms with Gasteiger partial charge in [-0.25, -0.2) is 9.97 Å². The van der Waals surface area contributed by atoms with Gasteiger partial charge in [0.1, 0.15) is 11.6 Å². The molecule has 9 rings (SSSR count). The number of aryl methyl sites for hydroxylation is 2. The predicted molar refractivity (Wildman–Crippen MR) is 255 cm³/mol. The summed E-state index contributed by atoms with van der Waals surface area (Å²) >= 11 is 0. The number of aliphatic hydroxyl groups excluding tert-OH is 1. The summed E-state index contributed by atoms with van der Waals surface area (Å²) in [6.45, 7) is 6.45. The molecule has 3 radical (unpaired) electrons. The van der Waals surface area contributed by atoms with Gasteiger partial charge in [0.25, 0.3) is 11.8 Å². The maximum absolute atomic E-state index is 12.8. The minimum absolute atomic E-state index is 0. The van der Waals surface area contributed by atoms with E-state index in [-0.39, 0.29) is 75.5 Å². The van der Waals surface area contributed by atoms with Crippen LogP contribution in [-0.4, -0.2) is 72.5 Å². The number of nitrogens with zero attached hydrogens (tertiary/aromatic N) is 2. The van der Waals surface area contributed by atoms with Gasteiger partial charge in [-0.1, -0.05) is 60.7 Å². The van der Waals surface area contributed by atoms with Crippen LogP contribution in [0.3, 0.4) is 0 Å². The topological polar surface area (TPSA) is 147 Å². The molecule has 2 saturated carbocycles. The number of aromatic nitrogens is 2. The second-order valence-electron chi connectivity index (χ2n) is 16.7. The van der Waals surface area contributed by atoms with Gasteiger partial charge >= 0.3 is 29.6 Å². The number of pyridine rings is 2. The van der Waals surface area contributed by atoms with E-state index in [0.29, 0.717) is 49.5 Å². The number of fused-ring (bicyclic) bond motifs is 2. The molecule has 329 valence electrons. The van der Waals surface area contributed by atoms with Crippen molar-refractivity contribution in [2.75, 3.05) is 23.8 Å². The molecule has 0 atom stereocenters. The summed E-state index contributed by atoms with van der Waals surface area (Å²) in [5.74, 6) is 1.16. The average molecular weight is 892 g/mol. The Morgan fingerprint density at radius 2 is 1.08 bits per heavy atom. The number of hydrogen-bond acceptors (Lipinski definition) is 9. The first-order chi connectivity index (χ1) is 29.7. The smallest absolute Gasteiger partial charge is 1.00 e. The van der Waals surface area contributed by atoms with Crippen molar-refractivity contribution in [2.45, 2.75) is 102 Å². The molecule has 2 amide bonds. The van der Waals surface area contributed by atoms with E-state index in [1.165, 1.54) is 0 Å². The fraction of sp³-hybridized carbons (Fsp3) is 0.360. The number of amides is 2. The second kappa shape index (κ2) is 23.6. The standard InChI is InChI=1S/C26H29N3O3.C24H27N3O2.B.ClH.Na.H/c1-18-13-21(25(30)28-16-19-5-3-2-4-6-19)14-20-15-24(27-17-23(18)20)29-22-7-9-26(10-8-22)31-11-12-32-26;1-16-11-19(24(29)26-14-17-5-3-2-4-6-17)12-18-13-23(25-15-22(16)18)27-20-7-9-21(28)10-8-20;;;;/h2-6,13-15,17,22H,7-12,16H2,1H3,(H,27,29)(H,28,30);2-6,11-13,15,20-21,28H,7-10,14H2,1H3,(H,25,27)(H,26,29);;1H;;/q;;;;+1;-1. The van der Waals surface area contributed by atoms with Crippen LogP contribution in [-0.2, 0) is 22.6 Å². The molecule has 3 heterocycles. The minimum Gasteiger partial charge on any atom is -1.00 e. The van der Waals surface area contributed by atoms with Crippen LogP contribution >= 0.6 is 12.4 Å². The molecule has 6 aromatic rings. The zero-order chi connectivity index (χ0) is 42.2. The van der Waals surface area contributed by atoms with E-state index in [1.807, 2.05) is 123 Å². The average Bonchev–Trinajstić information content (AvgIpc) is 3.74. The monoisotopic (exact) mass is 891 g/mol. The van der Waals surface area contributed by atoms with Crippen LogP contribution in [0, 0.1) is 13.8 Å². The SMILES string of the molecule is Cc1cc(C(=O)NCc2ccccc2)cc2cc(NC3CCC(O)CC3)ncc12.Cc1cc(C(=O)NCc2ccccc2)cc2cc(NC3CCC4(CC3)OCCO4)ncc12.Cl.[B].[H-].[Na+]. The largest absolute Gasteiger partial charge is 1.00 e. The maximum Gasteiger partial charge on any atom is 1.00 e. The number of hydrogen-bond donors (Lipinski definition) is 5. The first-order valence-corrected chi connectivity index (χ1v) is 21.6. The van der Waals surface area contributed by atoms with Gasteiger partial charge in [0, 0.05) is 80.7 Å². The van der Waals surface area contributed by atoms with Crippen LogP contribution in [0.25, 0.3) is 21.5 Å². The first-order valence-electron chi connectivity index (χ1n) is 21.6. The molecule has 64 heavy (non-hydrogen) atoms. The molecule has 1 aliphatic heterocycles. The number of benzene rings is 4. The van der Waals surface area contributed by atoms with Gasteiger partial charge in [0.15, 0.2) is 5.79 Å². The first kappa shape index (κ1) is 50.5. The van der Waals surface area contributed by atoms with Crippen molar-refractivity contribution in [1.82, 2.24) is 20.6 Å². The molecular formula is C50H58BClN6NaO5. The number of halogens is 1. The van der Waals surface area contributed by atoms with E-state index in [0.717, 1.165) is 107 Å². The number of nitrogens with one attached hydrogen (secondary N) is 4. The van der Waals surface area contributed by atoms with E-state index < -0.39 is 0 Å². The third-order valence-corrected chi connectivity index (χ3v) is 12.2. The second-order valence-corrected chi connectivity index (χ2v) is 16.7. The molecule has 14 heteroatoms. The molecule has 3 fully saturated rings. The predicted octanol–water partition coefficient (Wildman–Crippen LogP) is 5.92. The number of carbonyl (C=O) groups excluding carboxylic acids is 2. The molecule has 3 aliphatic rings. The Labute approximate surface area is 408 Å². The quantitative estimate of drug-likeness (QED) is 0.106. The van der Waals surface area contributed by atoms with Crippen LogP contribution in [0.4, 0.5) is 11.6 Å². The van der Waals surface area contributed by atoms with Crippen molar-refractivity contribution >= 4 is 65.8 Å². The normalized spacial score (nSPS) is 17.7. The van der Waals surface area contributed by atoms with Gasteiger partial charge < -0.3 is 37.3 Å². The van der Waals surface area contributed by atoms with Gasteiger partial charge in [-0.15, -0.1) is 12.4 Å². The van der Waals surface area contributed by atoms with Crippen molar-refractivity contribution in [3.8, 4) is 0 Å². The number of carbonyl (C=O) groups is 2. The zero-order valence-corrected chi connectivity index (χ0v) is 39.9. The fourth-order valence-corrected chi connectivity index (χ4v) is 8.69. The Bertz CT molecular complexity index is 2470. The Balaban J connectivity index is 0.000000269. The molecule has 0 unspecified atom stereocenters. The van der Waals surface area contributed by atoms with Gasteiger partial charge in [-0.05, 0) is 122 Å². The Hall–Kier alpha value is -4.53. The molecule has 1 saturated heterocycles. The summed E-state index contributed by atoms with van der Waals surface area (Å²) in [5.41, 5.74) is 5.55. The van der Waals surface area contributed by atoms with Crippen molar-refractivity contribution in [2.24, 2.45) is 0 Å². The van der Waals surface area contributed by atoms with E-state index in [2.05, 4.69) is 31.2 Å². The van der Waals surface area contributed by atoms with Gasteiger partial charge in [0.2, 0.25) is 0 Å². The number of anilines is 2. The van der Waals surface area contributed by atoms with Crippen molar-refractivity contribution in [3.05, 3.63) is 143 Å². The molecule has 1 spiro atoms. The zero-order valence-electron chi connectivity index (χ0n) is 38.1. The molecular weight excluding hydrogens is 834 g/mol. The summed E-state index contributed by atoms with van der Waals surface area (Å²) in [4.78, 5) is 34.6. The van der Waals surface area contributed by atoms with Crippen molar-refractivity contribution in [3.63, 3.8) is 0 Å². The number of rotatable bonds is 10. The molecule has 2 aromatic heterocycles. The molecule has 2 aliphatic carbocycles. The van der Waals surface area contributed by atoms with E-state index in [4.69, 9.17) is 9.47 Å². The Kier molecular flexibility index (Phi) is 18.6. The summed E-state index contributed by atoms with van der Waals surface area (Å²) in [6.07, 6.45) is 10.9. The van der Waals surface area contributed by atoms with Crippen LogP contribution in [0.15, 0.2) is 109 Å². The molecule has 4 aromatic carbocycles. The van der Waals surface area contributed by atoms with E-state index in [1.54, 1.807) is 0 Å². The summed E-state index contributed by atoms with van der Waals surface area (Å²) < 4.78 is 11.7. The summed E-state index contributed by atoms with van der Waals surface area (Å²) in [6, 6.07) is 32.3. The Morgan fingerprint density at radius 1 is 0.656 bits per heavy atom.